The van der Waals surface area contributed by atoms with Gasteiger partial charge in [-0.05, 0) is 69.9 Å². The van der Waals surface area contributed by atoms with Crippen molar-refractivity contribution in [1.82, 2.24) is 14.5 Å². The third kappa shape index (κ3) is 6.33. The molecule has 0 unspecified atom stereocenters. The minimum atomic E-state index is -3.72. The van der Waals surface area contributed by atoms with E-state index in [1.807, 2.05) is 0 Å². The van der Waals surface area contributed by atoms with E-state index in [1.54, 1.807) is 6.07 Å². The Bertz CT molecular complexity index is 819. The van der Waals surface area contributed by atoms with Crippen LogP contribution in [0.1, 0.15) is 44.9 Å². The van der Waals surface area contributed by atoms with Gasteiger partial charge in [-0.15, -0.1) is 0 Å². The second-order valence-corrected chi connectivity index (χ2v) is 10.9. The first kappa shape index (κ1) is 23.8. The predicted octanol–water partition coefficient (Wildman–Crippen LogP) is 3.78. The fourth-order valence-corrected chi connectivity index (χ4v) is 6.40. The molecular weight excluding hydrogens is 445 g/mol. The summed E-state index contributed by atoms with van der Waals surface area (Å²) < 4.78 is 27.2. The molecule has 0 atom stereocenters. The molecule has 2 saturated heterocycles. The lowest BCUT2D eigenvalue weighted by Gasteiger charge is -2.30. The van der Waals surface area contributed by atoms with Crippen LogP contribution in [0.4, 0.5) is 0 Å². The average Bonchev–Trinajstić information content (AvgIpc) is 3.01. The molecule has 2 aliphatic rings. The number of halogens is 2. The molecule has 2 aliphatic heterocycles. The quantitative estimate of drug-likeness (QED) is 0.609. The molecule has 1 aromatic carbocycles. The van der Waals surface area contributed by atoms with Gasteiger partial charge >= 0.3 is 0 Å². The van der Waals surface area contributed by atoms with Crippen LogP contribution >= 0.6 is 23.2 Å². The first-order valence-electron chi connectivity index (χ1n) is 10.8. The van der Waals surface area contributed by atoms with Crippen LogP contribution in [0, 0.1) is 5.92 Å². The maximum atomic E-state index is 12.9. The van der Waals surface area contributed by atoms with Gasteiger partial charge in [-0.2, -0.15) is 4.31 Å². The van der Waals surface area contributed by atoms with E-state index in [-0.39, 0.29) is 21.7 Å². The van der Waals surface area contributed by atoms with Gasteiger partial charge < -0.3 is 10.2 Å². The number of hydrogen-bond acceptors (Lipinski definition) is 4. The largest absolute Gasteiger partial charge is 0.356 e. The Labute approximate surface area is 189 Å². The summed E-state index contributed by atoms with van der Waals surface area (Å²) in [5.74, 6) is -0.117. The molecule has 1 aromatic rings. The summed E-state index contributed by atoms with van der Waals surface area (Å²) in [4.78, 5) is 15.0. The van der Waals surface area contributed by atoms with E-state index in [0.29, 0.717) is 37.5 Å². The van der Waals surface area contributed by atoms with Gasteiger partial charge in [-0.3, -0.25) is 4.79 Å². The molecule has 0 bridgehead atoms. The first-order chi connectivity index (χ1) is 14.4. The topological polar surface area (TPSA) is 69.7 Å². The molecule has 30 heavy (non-hydrogen) atoms. The van der Waals surface area contributed by atoms with Crippen LogP contribution in [0.15, 0.2) is 23.1 Å². The number of piperidine rings is 1. The first-order valence-corrected chi connectivity index (χ1v) is 13.0. The molecule has 0 radical (unpaired) electrons. The van der Waals surface area contributed by atoms with E-state index in [4.69, 9.17) is 23.2 Å². The standard InChI is InChI=1S/C21H31Cl2N3O3S/c22-18-6-7-19(23)20(16-18)30(28,29)26-14-8-17(9-15-26)21(27)24-10-5-13-25-11-3-1-2-4-12-25/h6-7,16-17H,1-5,8-15H2,(H,24,27). The maximum Gasteiger partial charge on any atom is 0.244 e. The Kier molecular flexibility index (Phi) is 8.83. The van der Waals surface area contributed by atoms with Crippen molar-refractivity contribution in [3.8, 4) is 0 Å². The third-order valence-corrected chi connectivity index (χ3v) is 8.60. The van der Waals surface area contributed by atoms with Gasteiger partial charge in [0.2, 0.25) is 15.9 Å². The molecule has 0 aliphatic carbocycles. The molecule has 1 amide bonds. The molecule has 1 N–H and O–H groups in total. The van der Waals surface area contributed by atoms with Gasteiger partial charge in [0.25, 0.3) is 0 Å². The van der Waals surface area contributed by atoms with E-state index in [2.05, 4.69) is 10.2 Å². The van der Waals surface area contributed by atoms with Gasteiger partial charge in [-0.25, -0.2) is 8.42 Å². The zero-order valence-corrected chi connectivity index (χ0v) is 19.6. The van der Waals surface area contributed by atoms with Crippen LogP contribution in [0.3, 0.4) is 0 Å². The Morgan fingerprint density at radius 2 is 1.70 bits per heavy atom. The van der Waals surface area contributed by atoms with Crippen molar-refractivity contribution in [2.45, 2.75) is 49.8 Å². The Balaban J connectivity index is 1.43. The molecule has 0 saturated carbocycles. The number of sulfonamides is 1. The van der Waals surface area contributed by atoms with Crippen molar-refractivity contribution in [3.05, 3.63) is 28.2 Å². The molecule has 0 aromatic heterocycles. The summed E-state index contributed by atoms with van der Waals surface area (Å²) in [6, 6.07) is 4.43. The number of carbonyl (C=O) groups excluding carboxylic acids is 1. The Morgan fingerprint density at radius 3 is 2.37 bits per heavy atom. The van der Waals surface area contributed by atoms with Crippen LogP contribution in [0.25, 0.3) is 0 Å². The van der Waals surface area contributed by atoms with Crippen LogP contribution in [-0.4, -0.2) is 62.8 Å². The highest BCUT2D eigenvalue weighted by Crippen LogP contribution is 2.30. The second kappa shape index (κ2) is 11.1. The van der Waals surface area contributed by atoms with Crippen LogP contribution < -0.4 is 5.32 Å². The van der Waals surface area contributed by atoms with E-state index < -0.39 is 10.0 Å². The van der Waals surface area contributed by atoms with Crippen LogP contribution in [-0.2, 0) is 14.8 Å². The van der Waals surface area contributed by atoms with E-state index >= 15 is 0 Å². The molecule has 9 heteroatoms. The summed E-state index contributed by atoms with van der Waals surface area (Å²) in [5, 5.41) is 3.52. The molecule has 2 heterocycles. The number of likely N-dealkylation sites (tertiary alicyclic amines) is 1. The number of nitrogens with zero attached hydrogens (tertiary/aromatic N) is 2. The smallest absolute Gasteiger partial charge is 0.244 e. The van der Waals surface area contributed by atoms with Gasteiger partial charge in [-0.1, -0.05) is 36.0 Å². The number of amides is 1. The van der Waals surface area contributed by atoms with Gasteiger partial charge in [0.1, 0.15) is 4.90 Å². The lowest BCUT2D eigenvalue weighted by molar-refractivity contribution is -0.126. The summed E-state index contributed by atoms with van der Waals surface area (Å²) in [5.41, 5.74) is 0. The van der Waals surface area contributed by atoms with E-state index in [0.717, 1.165) is 26.1 Å². The van der Waals surface area contributed by atoms with Crippen LogP contribution in [0.5, 0.6) is 0 Å². The van der Waals surface area contributed by atoms with Crippen molar-refractivity contribution in [1.29, 1.82) is 0 Å². The Hall–Kier alpha value is -0.860. The van der Waals surface area contributed by atoms with Crippen molar-refractivity contribution < 1.29 is 13.2 Å². The number of carbonyl (C=O) groups is 1. The lowest BCUT2D eigenvalue weighted by atomic mass is 9.97. The Morgan fingerprint density at radius 1 is 1.03 bits per heavy atom. The average molecular weight is 476 g/mol. The molecule has 0 spiro atoms. The number of hydrogen-bond donors (Lipinski definition) is 1. The SMILES string of the molecule is O=C(NCCCN1CCCCCC1)C1CCN(S(=O)(=O)c2cc(Cl)ccc2Cl)CC1. The predicted molar refractivity (Wildman–Crippen MR) is 120 cm³/mol. The fraction of sp³-hybridized carbons (Fsp3) is 0.667. The molecular formula is C21H31Cl2N3O3S. The highest BCUT2D eigenvalue weighted by Gasteiger charge is 2.33. The van der Waals surface area contributed by atoms with E-state index in [1.165, 1.54) is 42.1 Å². The highest BCUT2D eigenvalue weighted by atomic mass is 35.5. The molecule has 3 rings (SSSR count). The second-order valence-electron chi connectivity index (χ2n) is 8.15. The van der Waals surface area contributed by atoms with Crippen molar-refractivity contribution >= 4 is 39.1 Å². The molecule has 6 nitrogen and oxygen atoms in total. The lowest BCUT2D eigenvalue weighted by Crippen LogP contribution is -2.43. The summed E-state index contributed by atoms with van der Waals surface area (Å²) in [7, 11) is -3.72. The number of nitrogens with one attached hydrogen (secondary N) is 1. The minimum absolute atomic E-state index is 0.0214. The van der Waals surface area contributed by atoms with Crippen LogP contribution in [0.2, 0.25) is 10.0 Å². The van der Waals surface area contributed by atoms with Crippen molar-refractivity contribution in [3.63, 3.8) is 0 Å². The number of rotatable bonds is 7. The normalized spacial score (nSPS) is 20.1. The minimum Gasteiger partial charge on any atom is -0.356 e. The van der Waals surface area contributed by atoms with Gasteiger partial charge in [0, 0.05) is 30.6 Å². The fourth-order valence-electron chi connectivity index (χ4n) is 4.19. The van der Waals surface area contributed by atoms with Crippen molar-refractivity contribution in [2.75, 3.05) is 39.3 Å². The van der Waals surface area contributed by atoms with Gasteiger partial charge in [0.05, 0.1) is 5.02 Å². The molecule has 168 valence electrons. The maximum absolute atomic E-state index is 12.9. The van der Waals surface area contributed by atoms with Crippen molar-refractivity contribution in [2.24, 2.45) is 5.92 Å². The highest BCUT2D eigenvalue weighted by molar-refractivity contribution is 7.89. The zero-order valence-electron chi connectivity index (χ0n) is 17.3. The summed E-state index contributed by atoms with van der Waals surface area (Å²) >= 11 is 12.0. The summed E-state index contributed by atoms with van der Waals surface area (Å²) in [6.45, 7) is 4.63. The third-order valence-electron chi connectivity index (χ3n) is 5.98. The zero-order chi connectivity index (χ0) is 21.6. The number of benzene rings is 1. The van der Waals surface area contributed by atoms with Gasteiger partial charge in [0.15, 0.2) is 0 Å². The molecule has 2 fully saturated rings. The van der Waals surface area contributed by atoms with E-state index in [9.17, 15) is 13.2 Å². The monoisotopic (exact) mass is 475 g/mol. The summed E-state index contributed by atoms with van der Waals surface area (Å²) in [6.07, 6.45) is 7.16.